The molecule has 0 aliphatic rings. The van der Waals surface area contributed by atoms with Crippen LogP contribution in [0.4, 0.5) is 13.2 Å². The van der Waals surface area contributed by atoms with Crippen molar-refractivity contribution in [2.75, 3.05) is 0 Å². The van der Waals surface area contributed by atoms with Crippen LogP contribution in [0, 0.1) is 13.8 Å². The molecule has 0 atom stereocenters. The van der Waals surface area contributed by atoms with Gasteiger partial charge in [-0.2, -0.15) is 18.3 Å². The third-order valence-electron chi connectivity index (χ3n) is 3.00. The molecule has 0 fully saturated rings. The van der Waals surface area contributed by atoms with Crippen LogP contribution in [-0.4, -0.2) is 20.9 Å². The molecular formula is C12H11ClF3N3. The fourth-order valence-corrected chi connectivity index (χ4v) is 2.22. The Kier molecular flexibility index (Phi) is 3.54. The number of nitrogens with zero attached hydrogens (tertiary/aromatic N) is 3. The van der Waals surface area contributed by atoms with E-state index in [2.05, 4.69) is 10.2 Å². The molecule has 0 aliphatic heterocycles. The van der Waals surface area contributed by atoms with Gasteiger partial charge in [0.2, 0.25) is 0 Å². The van der Waals surface area contributed by atoms with Crippen molar-refractivity contribution in [3.63, 3.8) is 0 Å². The summed E-state index contributed by atoms with van der Waals surface area (Å²) in [6, 6.07) is 0. The predicted octanol–water partition coefficient (Wildman–Crippen LogP) is 3.82. The lowest BCUT2D eigenvalue weighted by atomic mass is 10.2. The molecular weight excluding hydrogens is 279 g/mol. The molecule has 0 unspecified atom stereocenters. The lowest BCUT2D eigenvalue weighted by Gasteiger charge is -2.06. The number of allylic oxidation sites excluding steroid dienone is 2. The van der Waals surface area contributed by atoms with Gasteiger partial charge in [-0.15, -0.1) is 5.10 Å². The van der Waals surface area contributed by atoms with Crippen molar-refractivity contribution in [1.82, 2.24) is 14.8 Å². The standard InChI is InChI=1S/C12H11ClF3N3/c1-7-8(2)19(5-3-4-12(14,15)16)10-9(7)6-17-18-11(10)13/h3-4,6H,5H2,1-2H3/b4-3+. The van der Waals surface area contributed by atoms with Crippen LogP contribution in [0.1, 0.15) is 11.3 Å². The monoisotopic (exact) mass is 289 g/mol. The molecule has 0 bridgehead atoms. The van der Waals surface area contributed by atoms with Gasteiger partial charge in [0, 0.05) is 23.7 Å². The number of rotatable bonds is 2. The van der Waals surface area contributed by atoms with Crippen LogP contribution in [0.25, 0.3) is 10.9 Å². The van der Waals surface area contributed by atoms with Crippen LogP contribution in [0.3, 0.4) is 0 Å². The normalized spacial score (nSPS) is 12.7. The third kappa shape index (κ3) is 2.73. The summed E-state index contributed by atoms with van der Waals surface area (Å²) >= 11 is 5.98. The summed E-state index contributed by atoms with van der Waals surface area (Å²) in [5.74, 6) is 0. The zero-order valence-corrected chi connectivity index (χ0v) is 11.0. The Bertz CT molecular complexity index is 644. The molecule has 0 saturated carbocycles. The van der Waals surface area contributed by atoms with E-state index in [-0.39, 0.29) is 17.8 Å². The number of aromatic nitrogens is 3. The quantitative estimate of drug-likeness (QED) is 0.787. The smallest absolute Gasteiger partial charge is 0.338 e. The lowest BCUT2D eigenvalue weighted by Crippen LogP contribution is -2.04. The van der Waals surface area contributed by atoms with Gasteiger partial charge in [-0.05, 0) is 19.4 Å². The maximum atomic E-state index is 12.1. The molecule has 0 saturated heterocycles. The molecule has 2 aromatic heterocycles. The van der Waals surface area contributed by atoms with E-state index in [1.54, 1.807) is 10.8 Å². The SMILES string of the molecule is Cc1c(C)n(C/C=C/C(F)(F)F)c2c(Cl)nncc12. The van der Waals surface area contributed by atoms with Crippen LogP contribution in [0.15, 0.2) is 18.3 Å². The summed E-state index contributed by atoms with van der Waals surface area (Å²) in [5.41, 5.74) is 2.39. The number of fused-ring (bicyclic) bond motifs is 1. The highest BCUT2D eigenvalue weighted by molar-refractivity contribution is 6.33. The van der Waals surface area contributed by atoms with E-state index in [0.29, 0.717) is 5.52 Å². The molecule has 0 radical (unpaired) electrons. The van der Waals surface area contributed by atoms with Crippen molar-refractivity contribution in [3.05, 3.63) is 34.8 Å². The van der Waals surface area contributed by atoms with Crippen LogP contribution in [0.5, 0.6) is 0 Å². The lowest BCUT2D eigenvalue weighted by molar-refractivity contribution is -0.0800. The summed E-state index contributed by atoms with van der Waals surface area (Å²) in [5, 5.41) is 8.47. The van der Waals surface area contributed by atoms with Crippen molar-refractivity contribution >= 4 is 22.5 Å². The Morgan fingerprint density at radius 3 is 2.68 bits per heavy atom. The second-order valence-corrected chi connectivity index (χ2v) is 4.52. The summed E-state index contributed by atoms with van der Waals surface area (Å²) < 4.78 is 38.0. The van der Waals surface area contributed by atoms with Crippen molar-refractivity contribution in [2.24, 2.45) is 0 Å². The van der Waals surface area contributed by atoms with Crippen LogP contribution < -0.4 is 0 Å². The van der Waals surface area contributed by atoms with E-state index in [4.69, 9.17) is 11.6 Å². The number of aryl methyl sites for hydroxylation is 1. The molecule has 0 N–H and O–H groups in total. The van der Waals surface area contributed by atoms with Crippen molar-refractivity contribution in [2.45, 2.75) is 26.6 Å². The largest absolute Gasteiger partial charge is 0.409 e. The Morgan fingerprint density at radius 1 is 1.37 bits per heavy atom. The number of halogens is 4. The van der Waals surface area contributed by atoms with Crippen LogP contribution >= 0.6 is 11.6 Å². The number of hydrogen-bond donors (Lipinski definition) is 0. The first kappa shape index (κ1) is 13.9. The van der Waals surface area contributed by atoms with E-state index >= 15 is 0 Å². The van der Waals surface area contributed by atoms with Crippen molar-refractivity contribution < 1.29 is 13.2 Å². The Morgan fingerprint density at radius 2 is 2.05 bits per heavy atom. The maximum Gasteiger partial charge on any atom is 0.409 e. The minimum Gasteiger partial charge on any atom is -0.338 e. The number of alkyl halides is 3. The highest BCUT2D eigenvalue weighted by atomic mass is 35.5. The highest BCUT2D eigenvalue weighted by Gasteiger charge is 2.22. The Labute approximate surface area is 112 Å². The van der Waals surface area contributed by atoms with E-state index in [1.165, 1.54) is 0 Å². The van der Waals surface area contributed by atoms with Gasteiger partial charge in [-0.1, -0.05) is 17.7 Å². The fraction of sp³-hybridized carbons (Fsp3) is 0.333. The van der Waals surface area contributed by atoms with Gasteiger partial charge in [0.05, 0.1) is 11.7 Å². The minimum absolute atomic E-state index is 0.0844. The zero-order valence-electron chi connectivity index (χ0n) is 10.3. The second kappa shape index (κ2) is 4.85. The molecule has 2 rings (SSSR count). The summed E-state index contributed by atoms with van der Waals surface area (Å²) in [7, 11) is 0. The van der Waals surface area contributed by atoms with Gasteiger partial charge < -0.3 is 4.57 Å². The van der Waals surface area contributed by atoms with Crippen LogP contribution in [-0.2, 0) is 6.54 Å². The van der Waals surface area contributed by atoms with E-state index < -0.39 is 6.18 Å². The van der Waals surface area contributed by atoms with E-state index in [9.17, 15) is 13.2 Å². The Hall–Kier alpha value is -1.56. The molecule has 102 valence electrons. The molecule has 0 spiro atoms. The molecule has 3 nitrogen and oxygen atoms in total. The summed E-state index contributed by atoms with van der Waals surface area (Å²) in [4.78, 5) is 0. The average molecular weight is 290 g/mol. The maximum absolute atomic E-state index is 12.1. The predicted molar refractivity (Wildman–Crippen MR) is 67.2 cm³/mol. The topological polar surface area (TPSA) is 30.7 Å². The average Bonchev–Trinajstić information content (AvgIpc) is 2.54. The Balaban J connectivity index is 2.49. The second-order valence-electron chi connectivity index (χ2n) is 4.16. The molecule has 0 aliphatic carbocycles. The number of hydrogen-bond acceptors (Lipinski definition) is 2. The summed E-state index contributed by atoms with van der Waals surface area (Å²) in [6.07, 6.45) is -1.47. The molecule has 2 aromatic rings. The van der Waals surface area contributed by atoms with Gasteiger partial charge in [0.25, 0.3) is 0 Å². The van der Waals surface area contributed by atoms with Gasteiger partial charge >= 0.3 is 6.18 Å². The minimum atomic E-state index is -4.31. The molecule has 2 heterocycles. The van der Waals surface area contributed by atoms with Gasteiger partial charge in [0.1, 0.15) is 0 Å². The van der Waals surface area contributed by atoms with Gasteiger partial charge in [0.15, 0.2) is 5.15 Å². The van der Waals surface area contributed by atoms with Crippen molar-refractivity contribution in [1.29, 1.82) is 0 Å². The first-order valence-electron chi connectivity index (χ1n) is 5.52. The first-order chi connectivity index (χ1) is 8.81. The molecule has 7 heteroatoms. The zero-order chi connectivity index (χ0) is 14.2. The van der Waals surface area contributed by atoms with Crippen molar-refractivity contribution in [3.8, 4) is 0 Å². The highest BCUT2D eigenvalue weighted by Crippen LogP contribution is 2.28. The third-order valence-corrected chi connectivity index (χ3v) is 3.25. The molecule has 19 heavy (non-hydrogen) atoms. The molecule has 0 aromatic carbocycles. The van der Waals surface area contributed by atoms with Gasteiger partial charge in [-0.3, -0.25) is 0 Å². The fourth-order valence-electron chi connectivity index (χ4n) is 1.97. The van der Waals surface area contributed by atoms with E-state index in [1.807, 2.05) is 13.8 Å². The summed E-state index contributed by atoms with van der Waals surface area (Å²) in [6.45, 7) is 3.79. The van der Waals surface area contributed by atoms with Crippen LogP contribution in [0.2, 0.25) is 5.15 Å². The first-order valence-corrected chi connectivity index (χ1v) is 5.90. The van der Waals surface area contributed by atoms with Gasteiger partial charge in [-0.25, -0.2) is 0 Å². The van der Waals surface area contributed by atoms with E-state index in [0.717, 1.165) is 22.7 Å². The molecule has 0 amide bonds.